The molecule has 21 nitrogen and oxygen atoms in total. The Bertz CT molecular complexity index is 2430. The first-order chi connectivity index (χ1) is 39.8. The molecule has 7 aliphatic heterocycles. The normalized spacial score (nSPS) is 44.5. The molecule has 6 saturated heterocycles. The number of esters is 3. The predicted octanol–water partition coefficient (Wildman–Crippen LogP) is 5.91. The van der Waals surface area contributed by atoms with Crippen molar-refractivity contribution in [3.05, 3.63) is 60.2 Å². The summed E-state index contributed by atoms with van der Waals surface area (Å²) in [6.07, 6.45) is -8.69. The maximum Gasteiger partial charge on any atom is 0.308 e. The van der Waals surface area contributed by atoms with Crippen molar-refractivity contribution in [2.24, 2.45) is 23.7 Å². The Labute approximate surface area is 505 Å². The van der Waals surface area contributed by atoms with E-state index in [0.29, 0.717) is 43.3 Å². The van der Waals surface area contributed by atoms with Crippen LogP contribution in [-0.4, -0.2) is 187 Å². The molecule has 0 amide bonds. The van der Waals surface area contributed by atoms with E-state index in [4.69, 9.17) is 59.0 Å². The summed E-state index contributed by atoms with van der Waals surface area (Å²) in [5, 5.41) is 82.6. The lowest BCUT2D eigenvalue weighted by Gasteiger charge is -2.52. The number of fused-ring (bicyclic) bond motifs is 8. The molecule has 480 valence electrons. The van der Waals surface area contributed by atoms with E-state index in [1.54, 1.807) is 41.7 Å². The van der Waals surface area contributed by atoms with Gasteiger partial charge in [-0.3, -0.25) is 19.2 Å². The lowest BCUT2D eigenvalue weighted by Crippen LogP contribution is -2.65. The van der Waals surface area contributed by atoms with Crippen LogP contribution in [0, 0.1) is 23.7 Å². The van der Waals surface area contributed by atoms with Gasteiger partial charge in [0.05, 0.1) is 85.1 Å². The first kappa shape index (κ1) is 69.0. The Kier molecular flexibility index (Phi) is 23.5. The molecule has 0 saturated carbocycles. The van der Waals surface area contributed by atoms with E-state index < -0.39 is 169 Å². The quantitative estimate of drug-likeness (QED) is 0.0611. The van der Waals surface area contributed by atoms with Crippen LogP contribution in [-0.2, 0) is 66.5 Å². The number of halogens is 1. The van der Waals surface area contributed by atoms with Gasteiger partial charge in [-0.1, -0.05) is 88.4 Å². The SMILES string of the molecule is C=C(Cl)/C=C/[C@@H](O)CC(=C)C[C@H]1O[C@H]2C(O)[C@]3(O)C[C@H](O)[C@@H](C)[C@@H](CCC/C=C\[C@H]4C[C@H](O)C[C@@]5(C[C@@H](OC)C[C@@H](CC(=O)[C@@H](C)[C@@H](OC(C)=O)[C@H](C)C(=C)C[C@H]6C[C@@](C)(O)C[C@@]7(C[C@@H](OC(C)=O)C[C@H](CC(=O)O[C@H]([C@H]2C)[C@@H]1O)O7)O6)O5)O4)O3. The minimum atomic E-state index is -2.40. The number of rotatable bonds is 9. The fraction of sp³-hybridized carbons (Fsp3) is 0.778. The zero-order chi connectivity index (χ0) is 62.5. The molecule has 7 aliphatic rings. The van der Waals surface area contributed by atoms with Crippen molar-refractivity contribution in [2.45, 2.75) is 278 Å². The zero-order valence-electron chi connectivity index (χ0n) is 50.7. The summed E-state index contributed by atoms with van der Waals surface area (Å²) >= 11 is 5.89. The fourth-order valence-corrected chi connectivity index (χ4v) is 14.2. The Morgan fingerprint density at radius 2 is 1.47 bits per heavy atom. The number of allylic oxidation sites excluding steroid dienone is 3. The first-order valence-corrected chi connectivity index (χ1v) is 30.7. The average Bonchev–Trinajstić information content (AvgIpc) is 1.30. The standard InChI is InChI=1S/C63H95ClO21/c1-33(19-42(67)18-17-35(3)64)20-53-55(72)57-39(7)58(79-53)59(73)63(75)31-51(70)37(5)52(85-63)16-14-12-13-15-44-22-43(68)27-61(81-44)29-47(76-11)23-45(82-61)25-50(69)38(6)56(78-41(9)66)36(4)34(2)21-49-28-60(10,74)32-62(84-49)30-48(77-40(8)65)24-46(83-62)26-54(71)80-57/h13,15,17-18,36-39,42-49,51-53,55-59,67-68,70,72-75H,1-3,12,14,16,19-32H2,4-11H3/b15-13-,18-17+/t36-,37-,38-,39-,42-,43+,44+,45+,46-,47+,48+,49+,51+,52-,53-,55-,56+,57-,58-,59?,60-,61-,62-,63+/m1/s1. The van der Waals surface area contributed by atoms with Crippen LogP contribution in [0.25, 0.3) is 0 Å². The van der Waals surface area contributed by atoms with Crippen molar-refractivity contribution in [2.75, 3.05) is 7.11 Å². The number of aliphatic hydroxyl groups excluding tert-OH is 5. The molecular weight excluding hydrogens is 1130 g/mol. The summed E-state index contributed by atoms with van der Waals surface area (Å²) in [5.74, 6) is -10.7. The highest BCUT2D eigenvalue weighted by Gasteiger charge is 2.58. The number of ether oxygens (including phenoxy) is 10. The van der Waals surface area contributed by atoms with E-state index in [0.717, 1.165) is 0 Å². The van der Waals surface area contributed by atoms with Gasteiger partial charge in [-0.2, -0.15) is 0 Å². The number of carbonyl (C=O) groups is 4. The molecule has 2 spiro atoms. The average molecular weight is 1220 g/mol. The molecule has 24 atom stereocenters. The molecule has 0 aliphatic carbocycles. The van der Waals surface area contributed by atoms with E-state index in [-0.39, 0.29) is 81.1 Å². The van der Waals surface area contributed by atoms with Crippen molar-refractivity contribution in [3.8, 4) is 0 Å². The van der Waals surface area contributed by atoms with Crippen molar-refractivity contribution in [1.82, 2.24) is 0 Å². The largest absolute Gasteiger partial charge is 0.462 e. The van der Waals surface area contributed by atoms with Gasteiger partial charge in [0.2, 0.25) is 0 Å². The van der Waals surface area contributed by atoms with Crippen LogP contribution < -0.4 is 0 Å². The molecule has 0 aromatic heterocycles. The van der Waals surface area contributed by atoms with Crippen LogP contribution in [0.5, 0.6) is 0 Å². The molecule has 0 radical (unpaired) electrons. The summed E-state index contributed by atoms with van der Waals surface area (Å²) in [4.78, 5) is 54.3. The van der Waals surface area contributed by atoms with Crippen LogP contribution in [0.3, 0.4) is 0 Å². The smallest absolute Gasteiger partial charge is 0.308 e. The van der Waals surface area contributed by atoms with Gasteiger partial charge in [-0.15, -0.1) is 0 Å². The predicted molar refractivity (Wildman–Crippen MR) is 308 cm³/mol. The zero-order valence-corrected chi connectivity index (χ0v) is 51.5. The fourth-order valence-electron chi connectivity index (χ4n) is 14.1. The Hall–Kier alpha value is -3.49. The highest BCUT2D eigenvalue weighted by atomic mass is 35.5. The lowest BCUT2D eigenvalue weighted by molar-refractivity contribution is -0.351. The summed E-state index contributed by atoms with van der Waals surface area (Å²) < 4.78 is 63.4. The minimum Gasteiger partial charge on any atom is -0.462 e. The van der Waals surface area contributed by atoms with Crippen LogP contribution in [0.4, 0.5) is 0 Å². The van der Waals surface area contributed by atoms with Gasteiger partial charge in [0.25, 0.3) is 0 Å². The van der Waals surface area contributed by atoms with Gasteiger partial charge in [-0.25, -0.2) is 0 Å². The highest BCUT2D eigenvalue weighted by Crippen LogP contribution is 2.48. The highest BCUT2D eigenvalue weighted by molar-refractivity contribution is 6.30. The maximum absolute atomic E-state index is 14.5. The summed E-state index contributed by atoms with van der Waals surface area (Å²) in [6.45, 7) is 23.1. The van der Waals surface area contributed by atoms with E-state index in [2.05, 4.69) is 19.7 Å². The monoisotopic (exact) mass is 1220 g/mol. The molecule has 0 aromatic carbocycles. The van der Waals surface area contributed by atoms with Crippen LogP contribution in [0.1, 0.15) is 158 Å². The third kappa shape index (κ3) is 18.1. The number of Topliss-reactive ketones (excluding diaryl/α,β-unsaturated/α-hetero) is 1. The van der Waals surface area contributed by atoms with E-state index in [1.807, 2.05) is 12.2 Å². The van der Waals surface area contributed by atoms with Gasteiger partial charge in [0.15, 0.2) is 17.4 Å². The second-order valence-corrected chi connectivity index (χ2v) is 26.4. The number of carbonyl (C=O) groups excluding carboxylic acids is 4. The van der Waals surface area contributed by atoms with Crippen LogP contribution >= 0.6 is 11.6 Å². The molecule has 7 heterocycles. The summed E-state index contributed by atoms with van der Waals surface area (Å²) in [5.41, 5.74) is -0.508. The number of methoxy groups -OCH3 is 1. The first-order valence-electron chi connectivity index (χ1n) is 30.3. The molecule has 1 unspecified atom stereocenters. The van der Waals surface area contributed by atoms with E-state index in [9.17, 15) is 54.9 Å². The molecule has 85 heavy (non-hydrogen) atoms. The van der Waals surface area contributed by atoms with Crippen molar-refractivity contribution in [1.29, 1.82) is 0 Å². The third-order valence-electron chi connectivity index (χ3n) is 18.3. The summed E-state index contributed by atoms with van der Waals surface area (Å²) in [6, 6.07) is 0. The molecule has 0 aromatic rings. The molecule has 22 heteroatoms. The Morgan fingerprint density at radius 3 is 2.15 bits per heavy atom. The molecular formula is C63H95ClO21. The van der Waals surface area contributed by atoms with Gasteiger partial charge in [0.1, 0.15) is 36.3 Å². The van der Waals surface area contributed by atoms with Gasteiger partial charge in [-0.05, 0) is 51.5 Å². The number of hydrogen-bond donors (Lipinski definition) is 7. The second kappa shape index (κ2) is 29.0. The Morgan fingerprint density at radius 1 is 0.812 bits per heavy atom. The molecule has 10 bridgehead atoms. The molecule has 6 fully saturated rings. The summed E-state index contributed by atoms with van der Waals surface area (Å²) in [7, 11) is 1.57. The second-order valence-electron chi connectivity index (χ2n) is 25.9. The third-order valence-corrected chi connectivity index (χ3v) is 18.4. The van der Waals surface area contributed by atoms with Gasteiger partial charge < -0.3 is 83.1 Å². The van der Waals surface area contributed by atoms with Crippen LogP contribution in [0.2, 0.25) is 0 Å². The van der Waals surface area contributed by atoms with Gasteiger partial charge in [0, 0.05) is 108 Å². The molecule has 7 N–H and O–H groups in total. The van der Waals surface area contributed by atoms with Crippen LogP contribution in [0.15, 0.2) is 60.2 Å². The minimum absolute atomic E-state index is 0.00321. The van der Waals surface area contributed by atoms with Crippen molar-refractivity contribution >= 4 is 35.3 Å². The van der Waals surface area contributed by atoms with Crippen molar-refractivity contribution < 1.29 is 102 Å². The molecule has 7 rings (SSSR count). The number of hydrogen-bond acceptors (Lipinski definition) is 21. The number of aliphatic hydroxyl groups is 7. The number of ketones is 1. The van der Waals surface area contributed by atoms with E-state index in [1.165, 1.54) is 26.0 Å². The van der Waals surface area contributed by atoms with E-state index >= 15 is 0 Å². The topological polar surface area (TPSA) is 302 Å². The Balaban J connectivity index is 1.22. The van der Waals surface area contributed by atoms with Gasteiger partial charge >= 0.3 is 17.9 Å². The van der Waals surface area contributed by atoms with Crippen molar-refractivity contribution in [3.63, 3.8) is 0 Å². The lowest BCUT2D eigenvalue weighted by atomic mass is 9.78. The maximum atomic E-state index is 14.5.